The Kier molecular flexibility index (Phi) is 7.11. The molecule has 3 N–H and O–H groups in total. The van der Waals surface area contributed by atoms with Crippen LogP contribution in [0.25, 0.3) is 0 Å². The van der Waals surface area contributed by atoms with Gasteiger partial charge in [0, 0.05) is 16.9 Å². The van der Waals surface area contributed by atoms with Gasteiger partial charge in [0.2, 0.25) is 5.91 Å². The fourth-order valence-corrected chi connectivity index (χ4v) is 2.91. The molecule has 0 saturated heterocycles. The largest absolute Gasteiger partial charge is 0.497 e. The van der Waals surface area contributed by atoms with Crippen LogP contribution in [0.4, 0.5) is 17.1 Å². The molecule has 2 amide bonds. The van der Waals surface area contributed by atoms with E-state index < -0.39 is 0 Å². The first-order chi connectivity index (χ1) is 15.0. The highest BCUT2D eigenvalue weighted by atomic mass is 16.5. The third kappa shape index (κ3) is 5.99. The number of carbonyl (C=O) groups is 2. The van der Waals surface area contributed by atoms with E-state index >= 15 is 0 Å². The molecule has 0 unspecified atom stereocenters. The number of nitrogens with one attached hydrogen (secondary N) is 3. The summed E-state index contributed by atoms with van der Waals surface area (Å²) in [5.74, 6) is 0.899. The van der Waals surface area contributed by atoms with Crippen molar-refractivity contribution in [2.24, 2.45) is 0 Å². The second kappa shape index (κ2) is 10.2. The van der Waals surface area contributed by atoms with Crippen LogP contribution in [-0.2, 0) is 4.79 Å². The first-order valence-electron chi connectivity index (χ1n) is 9.72. The molecule has 0 radical (unpaired) electrons. The van der Waals surface area contributed by atoms with Gasteiger partial charge in [0.1, 0.15) is 11.5 Å². The van der Waals surface area contributed by atoms with Crippen LogP contribution in [-0.4, -0.2) is 32.6 Å². The second-order valence-corrected chi connectivity index (χ2v) is 6.87. The summed E-state index contributed by atoms with van der Waals surface area (Å²) < 4.78 is 10.4. The highest BCUT2D eigenvalue weighted by Gasteiger charge is 2.09. The monoisotopic (exact) mass is 419 g/mol. The van der Waals surface area contributed by atoms with E-state index in [2.05, 4.69) is 16.0 Å². The van der Waals surface area contributed by atoms with E-state index in [4.69, 9.17) is 9.47 Å². The van der Waals surface area contributed by atoms with Crippen molar-refractivity contribution in [3.8, 4) is 11.5 Å². The summed E-state index contributed by atoms with van der Waals surface area (Å²) in [4.78, 5) is 24.7. The first-order valence-corrected chi connectivity index (χ1v) is 9.72. The van der Waals surface area contributed by atoms with Crippen molar-refractivity contribution >= 4 is 28.9 Å². The van der Waals surface area contributed by atoms with Gasteiger partial charge in [0.15, 0.2) is 0 Å². The van der Waals surface area contributed by atoms with E-state index in [0.29, 0.717) is 22.7 Å². The minimum atomic E-state index is -0.221. The maximum Gasteiger partial charge on any atom is 0.255 e. The lowest BCUT2D eigenvalue weighted by atomic mass is 10.2. The van der Waals surface area contributed by atoms with Gasteiger partial charge in [-0.1, -0.05) is 6.07 Å². The zero-order chi connectivity index (χ0) is 22.2. The minimum absolute atomic E-state index is 0.0779. The SMILES string of the molecule is COc1ccc(NC(=O)c2ccc(NCC(=O)Nc3cc(C)ccc3OC)cc2)cc1. The van der Waals surface area contributed by atoms with E-state index in [9.17, 15) is 9.59 Å². The van der Waals surface area contributed by atoms with Crippen LogP contribution in [0.3, 0.4) is 0 Å². The molecule has 0 bridgehead atoms. The van der Waals surface area contributed by atoms with Gasteiger partial charge in [0.05, 0.1) is 26.5 Å². The Morgan fingerprint density at radius 3 is 2.13 bits per heavy atom. The van der Waals surface area contributed by atoms with E-state index in [0.717, 1.165) is 17.0 Å². The molecule has 0 atom stereocenters. The number of anilines is 3. The summed E-state index contributed by atoms with van der Waals surface area (Å²) in [5.41, 5.74) is 3.56. The van der Waals surface area contributed by atoms with Gasteiger partial charge in [-0.05, 0) is 73.2 Å². The quantitative estimate of drug-likeness (QED) is 0.506. The Hall–Kier alpha value is -4.00. The average molecular weight is 419 g/mol. The first kappa shape index (κ1) is 21.7. The molecule has 0 spiro atoms. The summed E-state index contributed by atoms with van der Waals surface area (Å²) in [6.45, 7) is 2.02. The number of amides is 2. The predicted molar refractivity (Wildman–Crippen MR) is 122 cm³/mol. The minimum Gasteiger partial charge on any atom is -0.497 e. The van der Waals surface area contributed by atoms with Crippen molar-refractivity contribution in [3.63, 3.8) is 0 Å². The van der Waals surface area contributed by atoms with Crippen molar-refractivity contribution < 1.29 is 19.1 Å². The van der Waals surface area contributed by atoms with E-state index in [1.807, 2.05) is 25.1 Å². The Bertz CT molecular complexity index is 1050. The molecule has 7 heteroatoms. The summed E-state index contributed by atoms with van der Waals surface area (Å²) in [7, 11) is 3.15. The standard InChI is InChI=1S/C24H25N3O4/c1-16-4-13-22(31-3)21(14-16)27-23(28)15-25-18-7-5-17(6-8-18)24(29)26-19-9-11-20(30-2)12-10-19/h4-14,25H,15H2,1-3H3,(H,26,29)(H,27,28). The molecule has 3 rings (SSSR count). The van der Waals surface area contributed by atoms with Crippen LogP contribution in [0.1, 0.15) is 15.9 Å². The van der Waals surface area contributed by atoms with Crippen LogP contribution in [0, 0.1) is 6.92 Å². The van der Waals surface area contributed by atoms with E-state index in [1.165, 1.54) is 0 Å². The summed E-state index contributed by atoms with van der Waals surface area (Å²) in [5, 5.41) is 8.72. The summed E-state index contributed by atoms with van der Waals surface area (Å²) in [6.07, 6.45) is 0. The van der Waals surface area contributed by atoms with Crippen molar-refractivity contribution in [1.82, 2.24) is 0 Å². The highest BCUT2D eigenvalue weighted by Crippen LogP contribution is 2.25. The molecule has 0 saturated carbocycles. The lowest BCUT2D eigenvalue weighted by Crippen LogP contribution is -2.22. The molecule has 3 aromatic rings. The Balaban J connectivity index is 1.53. The van der Waals surface area contributed by atoms with Crippen molar-refractivity contribution in [1.29, 1.82) is 0 Å². The normalized spacial score (nSPS) is 10.2. The van der Waals surface area contributed by atoms with Crippen LogP contribution in [0.2, 0.25) is 0 Å². The van der Waals surface area contributed by atoms with E-state index in [1.54, 1.807) is 62.8 Å². The Labute approximate surface area is 181 Å². The molecule has 0 aliphatic heterocycles. The molecule has 0 aliphatic rings. The predicted octanol–water partition coefficient (Wildman–Crippen LogP) is 4.32. The molecule has 7 nitrogen and oxygen atoms in total. The molecule has 3 aromatic carbocycles. The average Bonchev–Trinajstić information content (AvgIpc) is 2.78. The van der Waals surface area contributed by atoms with Gasteiger partial charge in [-0.2, -0.15) is 0 Å². The molecular formula is C24H25N3O4. The fourth-order valence-electron chi connectivity index (χ4n) is 2.91. The fraction of sp³-hybridized carbons (Fsp3) is 0.167. The van der Waals surface area contributed by atoms with Gasteiger partial charge in [-0.3, -0.25) is 9.59 Å². The van der Waals surface area contributed by atoms with Crippen LogP contribution in [0.15, 0.2) is 66.7 Å². The third-order valence-electron chi connectivity index (χ3n) is 4.58. The zero-order valence-electron chi connectivity index (χ0n) is 17.7. The van der Waals surface area contributed by atoms with Crippen molar-refractivity contribution in [2.75, 3.05) is 36.7 Å². The van der Waals surface area contributed by atoms with Crippen LogP contribution >= 0.6 is 0 Å². The number of rotatable bonds is 8. The van der Waals surface area contributed by atoms with Gasteiger partial charge >= 0.3 is 0 Å². The number of aryl methyl sites for hydroxylation is 1. The molecule has 160 valence electrons. The lowest BCUT2D eigenvalue weighted by molar-refractivity contribution is -0.114. The van der Waals surface area contributed by atoms with Crippen molar-refractivity contribution in [3.05, 3.63) is 77.9 Å². The second-order valence-electron chi connectivity index (χ2n) is 6.87. The summed E-state index contributed by atoms with van der Waals surface area (Å²) >= 11 is 0. The maximum absolute atomic E-state index is 12.4. The van der Waals surface area contributed by atoms with E-state index in [-0.39, 0.29) is 18.4 Å². The maximum atomic E-state index is 12.4. The van der Waals surface area contributed by atoms with Gasteiger partial charge in [-0.25, -0.2) is 0 Å². The molecule has 31 heavy (non-hydrogen) atoms. The summed E-state index contributed by atoms with van der Waals surface area (Å²) in [6, 6.07) is 19.6. The third-order valence-corrected chi connectivity index (χ3v) is 4.58. The molecule has 0 heterocycles. The number of carbonyl (C=O) groups excluding carboxylic acids is 2. The molecule has 0 aromatic heterocycles. The lowest BCUT2D eigenvalue weighted by Gasteiger charge is -2.12. The van der Waals surface area contributed by atoms with Gasteiger partial charge in [-0.15, -0.1) is 0 Å². The number of methoxy groups -OCH3 is 2. The number of hydrogen-bond acceptors (Lipinski definition) is 5. The molecular weight excluding hydrogens is 394 g/mol. The topological polar surface area (TPSA) is 88.7 Å². The molecule has 0 fully saturated rings. The number of ether oxygens (including phenoxy) is 2. The van der Waals surface area contributed by atoms with Gasteiger partial charge in [0.25, 0.3) is 5.91 Å². The molecule has 0 aliphatic carbocycles. The Morgan fingerprint density at radius 1 is 0.806 bits per heavy atom. The smallest absolute Gasteiger partial charge is 0.255 e. The number of benzene rings is 3. The van der Waals surface area contributed by atoms with Crippen LogP contribution in [0.5, 0.6) is 11.5 Å². The zero-order valence-corrected chi connectivity index (χ0v) is 17.7. The van der Waals surface area contributed by atoms with Gasteiger partial charge < -0.3 is 25.4 Å². The van der Waals surface area contributed by atoms with Crippen molar-refractivity contribution in [2.45, 2.75) is 6.92 Å². The highest BCUT2D eigenvalue weighted by molar-refractivity contribution is 6.04. The Morgan fingerprint density at radius 2 is 1.48 bits per heavy atom. The van der Waals surface area contributed by atoms with Crippen LogP contribution < -0.4 is 25.4 Å². The number of hydrogen-bond donors (Lipinski definition) is 3.